The fraction of sp³-hybridized carbons (Fsp3) is 0.800. The zero-order valence-electron chi connectivity index (χ0n) is 12.0. The van der Waals surface area contributed by atoms with Crippen LogP contribution in [0, 0.1) is 11.8 Å². The third-order valence-corrected chi connectivity index (χ3v) is 4.36. The Labute approximate surface area is 111 Å². The molecule has 3 nitrogen and oxygen atoms in total. The van der Waals surface area contributed by atoms with Crippen LogP contribution in [0.25, 0.3) is 0 Å². The van der Waals surface area contributed by atoms with Gasteiger partial charge in [0.1, 0.15) is 0 Å². The summed E-state index contributed by atoms with van der Waals surface area (Å²) in [6.07, 6.45) is 11.2. The highest BCUT2D eigenvalue weighted by molar-refractivity contribution is 4.92. The smallest absolute Gasteiger partial charge is 0.0949 e. The first-order chi connectivity index (χ1) is 8.72. The van der Waals surface area contributed by atoms with Crippen molar-refractivity contribution in [1.29, 1.82) is 0 Å². The van der Waals surface area contributed by atoms with E-state index in [-0.39, 0.29) is 0 Å². The van der Waals surface area contributed by atoms with E-state index in [0.717, 1.165) is 18.4 Å². The normalized spacial score (nSPS) is 28.8. The molecule has 1 aliphatic carbocycles. The highest BCUT2D eigenvalue weighted by Gasteiger charge is 2.32. The van der Waals surface area contributed by atoms with E-state index in [4.69, 9.17) is 0 Å². The van der Waals surface area contributed by atoms with Crippen molar-refractivity contribution in [2.45, 2.75) is 58.5 Å². The molecule has 1 N–H and O–H groups in total. The molecule has 0 radical (unpaired) electrons. The molecule has 0 aliphatic heterocycles. The molecule has 2 rings (SSSR count). The van der Waals surface area contributed by atoms with E-state index in [0.29, 0.717) is 12.1 Å². The number of imidazole rings is 1. The zero-order chi connectivity index (χ0) is 13.0. The third kappa shape index (κ3) is 3.14. The van der Waals surface area contributed by atoms with Gasteiger partial charge in [-0.15, -0.1) is 0 Å². The fourth-order valence-electron chi connectivity index (χ4n) is 3.15. The minimum atomic E-state index is 0.584. The summed E-state index contributed by atoms with van der Waals surface area (Å²) < 4.78 is 2.31. The molecular weight excluding hydrogens is 222 g/mol. The molecule has 1 aromatic rings. The lowest BCUT2D eigenvalue weighted by Crippen LogP contribution is -2.42. The van der Waals surface area contributed by atoms with Crippen LogP contribution in [0.3, 0.4) is 0 Å². The molecule has 1 saturated carbocycles. The van der Waals surface area contributed by atoms with Gasteiger partial charge in [0.25, 0.3) is 0 Å². The summed E-state index contributed by atoms with van der Waals surface area (Å²) in [4.78, 5) is 4.22. The van der Waals surface area contributed by atoms with Crippen LogP contribution in [0.2, 0.25) is 0 Å². The average Bonchev–Trinajstić information content (AvgIpc) is 2.89. The molecule has 1 heterocycles. The van der Waals surface area contributed by atoms with Crippen LogP contribution in [0.4, 0.5) is 0 Å². The second-order valence-corrected chi connectivity index (χ2v) is 5.96. The predicted molar refractivity (Wildman–Crippen MR) is 75.5 cm³/mol. The Morgan fingerprint density at radius 1 is 1.39 bits per heavy atom. The van der Waals surface area contributed by atoms with Crippen LogP contribution < -0.4 is 5.32 Å². The fourth-order valence-corrected chi connectivity index (χ4v) is 3.15. The number of aromatic nitrogens is 2. The molecule has 18 heavy (non-hydrogen) atoms. The lowest BCUT2D eigenvalue weighted by molar-refractivity contribution is 0.171. The maximum absolute atomic E-state index is 4.22. The Hall–Kier alpha value is -0.830. The summed E-state index contributed by atoms with van der Waals surface area (Å²) in [5, 5.41) is 3.72. The Morgan fingerprint density at radius 3 is 2.83 bits per heavy atom. The Balaban J connectivity index is 2.06. The molecule has 0 aromatic carbocycles. The summed E-state index contributed by atoms with van der Waals surface area (Å²) in [5.74, 6) is 1.65. The van der Waals surface area contributed by atoms with Crippen LogP contribution in [-0.2, 0) is 0 Å². The SMILES string of the molecule is CCCNC1CCC(C(C)C)CC1n1ccnc1. The van der Waals surface area contributed by atoms with Crippen LogP contribution in [-0.4, -0.2) is 22.1 Å². The second-order valence-electron chi connectivity index (χ2n) is 5.96. The minimum absolute atomic E-state index is 0.584. The highest BCUT2D eigenvalue weighted by atomic mass is 15.1. The summed E-state index contributed by atoms with van der Waals surface area (Å²) in [6.45, 7) is 8.08. The van der Waals surface area contributed by atoms with Crippen molar-refractivity contribution in [3.8, 4) is 0 Å². The van der Waals surface area contributed by atoms with Gasteiger partial charge in [-0.25, -0.2) is 4.98 Å². The molecule has 0 amide bonds. The molecule has 1 aromatic heterocycles. The Morgan fingerprint density at radius 2 is 2.22 bits per heavy atom. The molecule has 3 atom stereocenters. The predicted octanol–water partition coefficient (Wildman–Crippen LogP) is 3.25. The van der Waals surface area contributed by atoms with Crippen molar-refractivity contribution < 1.29 is 0 Å². The molecule has 1 aliphatic rings. The number of nitrogens with zero attached hydrogens (tertiary/aromatic N) is 2. The van der Waals surface area contributed by atoms with Crippen molar-refractivity contribution in [3.05, 3.63) is 18.7 Å². The molecule has 3 unspecified atom stereocenters. The maximum Gasteiger partial charge on any atom is 0.0949 e. The van der Waals surface area contributed by atoms with E-state index in [1.807, 2.05) is 12.5 Å². The van der Waals surface area contributed by atoms with Crippen molar-refractivity contribution in [3.63, 3.8) is 0 Å². The van der Waals surface area contributed by atoms with Gasteiger partial charge in [0, 0.05) is 18.4 Å². The Bertz CT molecular complexity index is 332. The van der Waals surface area contributed by atoms with Crippen LogP contribution in [0.1, 0.15) is 52.5 Å². The highest BCUT2D eigenvalue weighted by Crippen LogP contribution is 2.36. The van der Waals surface area contributed by atoms with Crippen molar-refractivity contribution in [2.75, 3.05) is 6.54 Å². The van der Waals surface area contributed by atoms with Gasteiger partial charge in [-0.1, -0.05) is 20.8 Å². The molecule has 1 fully saturated rings. The molecule has 3 heteroatoms. The van der Waals surface area contributed by atoms with Gasteiger partial charge in [0.2, 0.25) is 0 Å². The summed E-state index contributed by atoms with van der Waals surface area (Å²) in [7, 11) is 0. The van der Waals surface area contributed by atoms with E-state index >= 15 is 0 Å². The quantitative estimate of drug-likeness (QED) is 0.868. The second kappa shape index (κ2) is 6.37. The lowest BCUT2D eigenvalue weighted by Gasteiger charge is -2.39. The number of nitrogens with one attached hydrogen (secondary N) is 1. The molecule has 0 bridgehead atoms. The van der Waals surface area contributed by atoms with Gasteiger partial charge in [-0.05, 0) is 44.1 Å². The van der Waals surface area contributed by atoms with Crippen LogP contribution in [0.5, 0.6) is 0 Å². The number of hydrogen-bond acceptors (Lipinski definition) is 2. The van der Waals surface area contributed by atoms with Crippen LogP contribution in [0.15, 0.2) is 18.7 Å². The molecular formula is C15H27N3. The van der Waals surface area contributed by atoms with E-state index in [2.05, 4.69) is 41.8 Å². The molecule has 0 spiro atoms. The van der Waals surface area contributed by atoms with Crippen molar-refractivity contribution in [1.82, 2.24) is 14.9 Å². The van der Waals surface area contributed by atoms with Gasteiger partial charge in [-0.2, -0.15) is 0 Å². The maximum atomic E-state index is 4.22. The third-order valence-electron chi connectivity index (χ3n) is 4.36. The summed E-state index contributed by atoms with van der Waals surface area (Å²) >= 11 is 0. The minimum Gasteiger partial charge on any atom is -0.333 e. The first-order valence-corrected chi connectivity index (χ1v) is 7.43. The topological polar surface area (TPSA) is 29.9 Å². The van der Waals surface area contributed by atoms with Gasteiger partial charge >= 0.3 is 0 Å². The van der Waals surface area contributed by atoms with Gasteiger partial charge in [0.15, 0.2) is 0 Å². The van der Waals surface area contributed by atoms with E-state index < -0.39 is 0 Å². The van der Waals surface area contributed by atoms with Crippen molar-refractivity contribution in [2.24, 2.45) is 11.8 Å². The summed E-state index contributed by atoms with van der Waals surface area (Å²) in [5.41, 5.74) is 0. The zero-order valence-corrected chi connectivity index (χ0v) is 12.0. The standard InChI is InChI=1S/C15H27N3/c1-4-7-17-14-6-5-13(12(2)3)10-15(14)18-9-8-16-11-18/h8-9,11-15,17H,4-7,10H2,1-3H3. The van der Waals surface area contributed by atoms with Crippen LogP contribution >= 0.6 is 0 Å². The van der Waals surface area contributed by atoms with Crippen molar-refractivity contribution >= 4 is 0 Å². The Kier molecular flexibility index (Phi) is 4.81. The first kappa shape index (κ1) is 13.6. The molecule has 102 valence electrons. The number of rotatable bonds is 5. The summed E-state index contributed by atoms with van der Waals surface area (Å²) in [6, 6.07) is 1.20. The van der Waals surface area contributed by atoms with Gasteiger partial charge in [0.05, 0.1) is 12.4 Å². The largest absolute Gasteiger partial charge is 0.333 e. The van der Waals surface area contributed by atoms with E-state index in [1.54, 1.807) is 0 Å². The monoisotopic (exact) mass is 249 g/mol. The van der Waals surface area contributed by atoms with Gasteiger partial charge in [-0.3, -0.25) is 0 Å². The number of hydrogen-bond donors (Lipinski definition) is 1. The molecule has 0 saturated heterocycles. The van der Waals surface area contributed by atoms with E-state index in [9.17, 15) is 0 Å². The lowest BCUT2D eigenvalue weighted by atomic mass is 9.77. The van der Waals surface area contributed by atoms with E-state index in [1.165, 1.54) is 25.7 Å². The van der Waals surface area contributed by atoms with Gasteiger partial charge < -0.3 is 9.88 Å². The average molecular weight is 249 g/mol. The first-order valence-electron chi connectivity index (χ1n) is 7.43.